The first kappa shape index (κ1) is 22.7. The van der Waals surface area contributed by atoms with Crippen molar-refractivity contribution < 1.29 is 24.0 Å². The number of amides is 3. The third kappa shape index (κ3) is 8.15. The highest BCUT2D eigenvalue weighted by Crippen LogP contribution is 2.27. The zero-order valence-electron chi connectivity index (χ0n) is 17.8. The topological polar surface area (TPSA) is 81.1 Å². The maximum absolute atomic E-state index is 12.1. The van der Waals surface area contributed by atoms with Crippen LogP contribution in [-0.4, -0.2) is 45.8 Å². The quantitative estimate of drug-likeness (QED) is 0.520. The SMILES string of the molecule is CCOc1ccc(C[NH+](C)CC(=O)NC(=O)NCCC2=CCCCC2)cc1OC. The fraction of sp³-hybridized carbons (Fsp3) is 0.545. The predicted octanol–water partition coefficient (Wildman–Crippen LogP) is 1.82. The number of rotatable bonds is 10. The number of nitrogens with one attached hydrogen (secondary N) is 3. The summed E-state index contributed by atoms with van der Waals surface area (Å²) in [5.41, 5.74) is 2.43. The molecule has 1 atom stereocenters. The molecule has 1 aromatic rings. The highest BCUT2D eigenvalue weighted by atomic mass is 16.5. The molecule has 1 aliphatic carbocycles. The average molecular weight is 405 g/mol. The van der Waals surface area contributed by atoms with Crippen LogP contribution >= 0.6 is 0 Å². The number of hydrogen-bond donors (Lipinski definition) is 3. The van der Waals surface area contributed by atoms with Gasteiger partial charge in [-0.1, -0.05) is 11.6 Å². The molecule has 0 radical (unpaired) electrons. The zero-order chi connectivity index (χ0) is 21.1. The molecule has 7 nitrogen and oxygen atoms in total. The van der Waals surface area contributed by atoms with Gasteiger partial charge in [-0.05, 0) is 57.2 Å². The van der Waals surface area contributed by atoms with Crippen LogP contribution in [-0.2, 0) is 11.3 Å². The third-order valence-electron chi connectivity index (χ3n) is 4.87. The van der Waals surface area contributed by atoms with Crippen molar-refractivity contribution in [2.45, 2.75) is 45.6 Å². The van der Waals surface area contributed by atoms with E-state index in [2.05, 4.69) is 16.7 Å². The Morgan fingerprint density at radius 1 is 1.21 bits per heavy atom. The second-order valence-electron chi connectivity index (χ2n) is 7.39. The van der Waals surface area contributed by atoms with Gasteiger partial charge in [0.25, 0.3) is 5.91 Å². The molecule has 2 rings (SSSR count). The van der Waals surface area contributed by atoms with Crippen molar-refractivity contribution in [2.24, 2.45) is 0 Å². The van der Waals surface area contributed by atoms with Gasteiger partial charge in [-0.25, -0.2) is 4.79 Å². The van der Waals surface area contributed by atoms with Gasteiger partial charge < -0.3 is 19.7 Å². The molecule has 0 aromatic heterocycles. The van der Waals surface area contributed by atoms with Crippen molar-refractivity contribution in [3.8, 4) is 11.5 Å². The third-order valence-corrected chi connectivity index (χ3v) is 4.87. The van der Waals surface area contributed by atoms with E-state index in [4.69, 9.17) is 9.47 Å². The standard InChI is InChI=1S/C22H33N3O4/c1-4-29-19-11-10-18(14-20(19)28-3)15-25(2)16-21(26)24-22(27)23-13-12-17-8-6-5-7-9-17/h8,10-11,14H,4-7,9,12-13,15-16H2,1-3H3,(H2,23,24,26,27)/p+1. The molecule has 3 amide bonds. The minimum atomic E-state index is -0.429. The average Bonchev–Trinajstić information content (AvgIpc) is 2.69. The van der Waals surface area contributed by atoms with Crippen LogP contribution in [0.25, 0.3) is 0 Å². The Kier molecular flexibility index (Phi) is 9.50. The van der Waals surface area contributed by atoms with Gasteiger partial charge in [0, 0.05) is 12.1 Å². The molecule has 7 heteroatoms. The minimum absolute atomic E-state index is 0.202. The van der Waals surface area contributed by atoms with Crippen LogP contribution in [0.3, 0.4) is 0 Å². The summed E-state index contributed by atoms with van der Waals surface area (Å²) in [6.07, 6.45) is 7.86. The summed E-state index contributed by atoms with van der Waals surface area (Å²) in [6, 6.07) is 5.32. The molecule has 0 spiro atoms. The minimum Gasteiger partial charge on any atom is -0.493 e. The van der Waals surface area contributed by atoms with E-state index in [0.29, 0.717) is 31.2 Å². The van der Waals surface area contributed by atoms with Crippen LogP contribution in [0.4, 0.5) is 4.79 Å². The van der Waals surface area contributed by atoms with Crippen molar-refractivity contribution in [1.29, 1.82) is 0 Å². The summed E-state index contributed by atoms with van der Waals surface area (Å²) in [6.45, 7) is 3.88. The first-order valence-electron chi connectivity index (χ1n) is 10.4. The van der Waals surface area contributed by atoms with Crippen molar-refractivity contribution in [3.05, 3.63) is 35.4 Å². The second-order valence-corrected chi connectivity index (χ2v) is 7.39. The van der Waals surface area contributed by atoms with Gasteiger partial charge in [0.2, 0.25) is 0 Å². The summed E-state index contributed by atoms with van der Waals surface area (Å²) in [4.78, 5) is 25.0. The summed E-state index contributed by atoms with van der Waals surface area (Å²) < 4.78 is 10.9. The normalized spacial score (nSPS) is 14.5. The Balaban J connectivity index is 1.72. The molecule has 0 saturated carbocycles. The van der Waals surface area contributed by atoms with E-state index in [1.54, 1.807) is 7.11 Å². The van der Waals surface area contributed by atoms with Crippen LogP contribution in [0.2, 0.25) is 0 Å². The first-order valence-corrected chi connectivity index (χ1v) is 10.4. The number of allylic oxidation sites excluding steroid dienone is 1. The van der Waals surface area contributed by atoms with E-state index >= 15 is 0 Å². The molecular formula is C22H34N3O4+. The van der Waals surface area contributed by atoms with Crippen LogP contribution < -0.4 is 25.0 Å². The Morgan fingerprint density at radius 3 is 2.72 bits per heavy atom. The highest BCUT2D eigenvalue weighted by molar-refractivity contribution is 5.94. The lowest BCUT2D eigenvalue weighted by molar-refractivity contribution is -0.885. The molecule has 0 fully saturated rings. The lowest BCUT2D eigenvalue weighted by atomic mass is 9.97. The molecule has 0 saturated heterocycles. The van der Waals surface area contributed by atoms with Gasteiger partial charge in [-0.15, -0.1) is 0 Å². The van der Waals surface area contributed by atoms with Crippen molar-refractivity contribution >= 4 is 11.9 Å². The lowest BCUT2D eigenvalue weighted by Gasteiger charge is -2.16. The molecule has 1 aliphatic rings. The van der Waals surface area contributed by atoms with Crippen molar-refractivity contribution in [1.82, 2.24) is 10.6 Å². The number of imide groups is 1. The van der Waals surface area contributed by atoms with Crippen LogP contribution in [0.1, 0.15) is 44.6 Å². The predicted molar refractivity (Wildman–Crippen MR) is 112 cm³/mol. The second kappa shape index (κ2) is 12.1. The number of hydrogen-bond acceptors (Lipinski definition) is 4. The van der Waals surface area contributed by atoms with Gasteiger partial charge in [0.1, 0.15) is 6.54 Å². The van der Waals surface area contributed by atoms with Gasteiger partial charge in [-0.3, -0.25) is 10.1 Å². The highest BCUT2D eigenvalue weighted by Gasteiger charge is 2.15. The van der Waals surface area contributed by atoms with E-state index in [1.807, 2.05) is 32.2 Å². The Bertz CT molecular complexity index is 718. The molecule has 0 heterocycles. The number of quaternary nitrogens is 1. The van der Waals surface area contributed by atoms with E-state index in [1.165, 1.54) is 18.4 Å². The van der Waals surface area contributed by atoms with Crippen LogP contribution in [0, 0.1) is 0 Å². The van der Waals surface area contributed by atoms with Crippen LogP contribution in [0.5, 0.6) is 11.5 Å². The molecule has 29 heavy (non-hydrogen) atoms. The molecule has 160 valence electrons. The van der Waals surface area contributed by atoms with Crippen molar-refractivity contribution in [3.63, 3.8) is 0 Å². The first-order chi connectivity index (χ1) is 14.0. The number of likely N-dealkylation sites (N-methyl/N-ethyl adjacent to an activating group) is 1. The van der Waals surface area contributed by atoms with Gasteiger partial charge in [0.15, 0.2) is 18.0 Å². The number of methoxy groups -OCH3 is 1. The van der Waals surface area contributed by atoms with E-state index in [0.717, 1.165) is 29.7 Å². The largest absolute Gasteiger partial charge is 0.493 e. The molecule has 1 aromatic carbocycles. The molecule has 1 unspecified atom stereocenters. The van der Waals surface area contributed by atoms with Crippen molar-refractivity contribution in [2.75, 3.05) is 33.9 Å². The molecule has 0 aliphatic heterocycles. The Labute approximate surface area is 173 Å². The smallest absolute Gasteiger partial charge is 0.321 e. The van der Waals surface area contributed by atoms with Crippen LogP contribution in [0.15, 0.2) is 29.8 Å². The maximum Gasteiger partial charge on any atom is 0.321 e. The fourth-order valence-corrected chi connectivity index (χ4v) is 3.47. The summed E-state index contributed by atoms with van der Waals surface area (Å²) >= 11 is 0. The molecule has 0 bridgehead atoms. The number of carbonyl (C=O) groups is 2. The number of carbonyl (C=O) groups excluding carboxylic acids is 2. The van der Waals surface area contributed by atoms with Gasteiger partial charge in [0.05, 0.1) is 20.8 Å². The fourth-order valence-electron chi connectivity index (χ4n) is 3.47. The summed E-state index contributed by atoms with van der Waals surface area (Å²) in [5.74, 6) is 1.08. The molecule has 3 N–H and O–H groups in total. The van der Waals surface area contributed by atoms with E-state index < -0.39 is 6.03 Å². The van der Waals surface area contributed by atoms with Gasteiger partial charge >= 0.3 is 6.03 Å². The number of ether oxygens (including phenoxy) is 2. The Hall–Kier alpha value is -2.54. The number of benzene rings is 1. The van der Waals surface area contributed by atoms with E-state index in [-0.39, 0.29) is 12.5 Å². The molecular weight excluding hydrogens is 370 g/mol. The Morgan fingerprint density at radius 2 is 2.03 bits per heavy atom. The summed E-state index contributed by atoms with van der Waals surface area (Å²) in [5, 5.41) is 5.17. The maximum atomic E-state index is 12.1. The number of urea groups is 1. The van der Waals surface area contributed by atoms with Gasteiger partial charge in [-0.2, -0.15) is 0 Å². The van der Waals surface area contributed by atoms with E-state index in [9.17, 15) is 9.59 Å². The summed E-state index contributed by atoms with van der Waals surface area (Å²) in [7, 11) is 3.52. The lowest BCUT2D eigenvalue weighted by Crippen LogP contribution is -3.09. The zero-order valence-corrected chi connectivity index (χ0v) is 17.8. The monoisotopic (exact) mass is 404 g/mol.